The fourth-order valence-electron chi connectivity index (χ4n) is 2.40. The average Bonchev–Trinajstić information content (AvgIpc) is 3.14. The third kappa shape index (κ3) is 4.18. The molecule has 1 amide bonds. The number of carbonyl (C=O) groups excluding carboxylic acids is 2. The van der Waals surface area contributed by atoms with Crippen LogP contribution in [0.25, 0.3) is 11.5 Å². The Morgan fingerprint density at radius 3 is 2.61 bits per heavy atom. The number of rotatable bonds is 6. The van der Waals surface area contributed by atoms with Gasteiger partial charge in [-0.2, -0.15) is 0 Å². The van der Waals surface area contributed by atoms with Gasteiger partial charge in [-0.25, -0.2) is 4.79 Å². The van der Waals surface area contributed by atoms with E-state index in [2.05, 4.69) is 15.5 Å². The lowest BCUT2D eigenvalue weighted by Crippen LogP contribution is -2.21. The second-order valence-electron chi connectivity index (χ2n) is 5.63. The molecule has 3 aromatic rings. The number of nitrogens with one attached hydrogen (secondary N) is 1. The summed E-state index contributed by atoms with van der Waals surface area (Å²) in [6, 6.07) is 13.0. The molecule has 0 atom stereocenters. The highest BCUT2D eigenvalue weighted by Gasteiger charge is 2.24. The van der Waals surface area contributed by atoms with Crippen LogP contribution < -0.4 is 5.32 Å². The monoisotopic (exact) mass is 382 g/mol. The van der Waals surface area contributed by atoms with Crippen molar-refractivity contribution in [1.82, 2.24) is 10.2 Å². The van der Waals surface area contributed by atoms with Crippen LogP contribution in [-0.4, -0.2) is 33.6 Å². The van der Waals surface area contributed by atoms with Crippen LogP contribution in [0.5, 0.6) is 0 Å². The minimum Gasteiger partial charge on any atom is -0.452 e. The zero-order valence-corrected chi connectivity index (χ0v) is 14.6. The maximum Gasteiger partial charge on any atom is 0.345 e. The summed E-state index contributed by atoms with van der Waals surface area (Å²) in [6.45, 7) is 0.828. The molecule has 0 saturated carbocycles. The highest BCUT2D eigenvalue weighted by molar-refractivity contribution is 5.97. The van der Waals surface area contributed by atoms with Gasteiger partial charge in [0.15, 0.2) is 6.61 Å². The van der Waals surface area contributed by atoms with Crippen LogP contribution in [0, 0.1) is 17.0 Å². The zero-order valence-electron chi connectivity index (χ0n) is 14.6. The molecule has 0 aliphatic carbocycles. The van der Waals surface area contributed by atoms with E-state index in [0.717, 1.165) is 0 Å². The van der Waals surface area contributed by atoms with Gasteiger partial charge < -0.3 is 9.15 Å². The molecule has 3 rings (SSSR count). The van der Waals surface area contributed by atoms with Gasteiger partial charge in [0, 0.05) is 11.1 Å². The standard InChI is InChI=1S/C18H14N4O6/c1-11-6-5-9-13(15(11)22(25)26)17(24)27-10-14(23)19-18-21-20-16(28-18)12-7-3-2-4-8-12/h2-9H,10H2,1H3,(H,19,21,23). The van der Waals surface area contributed by atoms with E-state index in [-0.39, 0.29) is 23.2 Å². The van der Waals surface area contributed by atoms with E-state index >= 15 is 0 Å². The SMILES string of the molecule is Cc1cccc(C(=O)OCC(=O)Nc2nnc(-c3ccccc3)o2)c1[N+](=O)[O-]. The Balaban J connectivity index is 1.61. The molecule has 0 aliphatic rings. The Morgan fingerprint density at radius 1 is 1.14 bits per heavy atom. The number of ether oxygens (including phenoxy) is 1. The lowest BCUT2D eigenvalue weighted by molar-refractivity contribution is -0.385. The molecule has 142 valence electrons. The maximum atomic E-state index is 12.1. The molecule has 28 heavy (non-hydrogen) atoms. The Hall–Kier alpha value is -4.08. The summed E-state index contributed by atoms with van der Waals surface area (Å²) in [5.74, 6) is -1.50. The molecule has 10 heteroatoms. The number of para-hydroxylation sites is 1. The predicted molar refractivity (Wildman–Crippen MR) is 96.5 cm³/mol. The molecule has 1 heterocycles. The number of nitro groups is 1. The molecule has 0 saturated heterocycles. The summed E-state index contributed by atoms with van der Waals surface area (Å²) in [4.78, 5) is 34.5. The smallest absolute Gasteiger partial charge is 0.345 e. The second kappa shape index (κ2) is 8.08. The molecule has 0 spiro atoms. The van der Waals surface area contributed by atoms with Gasteiger partial charge in [0.1, 0.15) is 5.56 Å². The fourth-order valence-corrected chi connectivity index (χ4v) is 2.40. The first kappa shape index (κ1) is 18.7. The van der Waals surface area contributed by atoms with Crippen molar-refractivity contribution in [3.8, 4) is 11.5 Å². The van der Waals surface area contributed by atoms with Crippen molar-refractivity contribution < 1.29 is 23.7 Å². The fraction of sp³-hybridized carbons (Fsp3) is 0.111. The molecule has 0 bridgehead atoms. The number of benzene rings is 2. The number of hydrogen-bond donors (Lipinski definition) is 1. The first-order valence-electron chi connectivity index (χ1n) is 8.05. The molecule has 1 aromatic heterocycles. The molecule has 10 nitrogen and oxygen atoms in total. The summed E-state index contributed by atoms with van der Waals surface area (Å²) in [7, 11) is 0. The summed E-state index contributed by atoms with van der Waals surface area (Å²) < 4.78 is 10.2. The molecule has 2 aromatic carbocycles. The lowest BCUT2D eigenvalue weighted by atomic mass is 10.1. The van der Waals surface area contributed by atoms with E-state index in [9.17, 15) is 19.7 Å². The first-order chi connectivity index (χ1) is 13.5. The highest BCUT2D eigenvalue weighted by atomic mass is 16.6. The van der Waals surface area contributed by atoms with Crippen LogP contribution in [-0.2, 0) is 9.53 Å². The first-order valence-corrected chi connectivity index (χ1v) is 8.05. The molecule has 0 unspecified atom stereocenters. The van der Waals surface area contributed by atoms with Crippen molar-refractivity contribution in [1.29, 1.82) is 0 Å². The Labute approximate surface area is 158 Å². The Bertz CT molecular complexity index is 1030. The largest absolute Gasteiger partial charge is 0.452 e. The molecular formula is C18H14N4O6. The Kier molecular flexibility index (Phi) is 5.40. The number of aromatic nitrogens is 2. The van der Waals surface area contributed by atoms with E-state index in [0.29, 0.717) is 11.1 Å². The van der Waals surface area contributed by atoms with E-state index < -0.39 is 23.4 Å². The molecule has 1 N–H and O–H groups in total. The third-order valence-electron chi connectivity index (χ3n) is 3.67. The summed E-state index contributed by atoms with van der Waals surface area (Å²) >= 11 is 0. The van der Waals surface area contributed by atoms with E-state index in [1.807, 2.05) is 6.07 Å². The lowest BCUT2D eigenvalue weighted by Gasteiger charge is -2.06. The number of aryl methyl sites for hydroxylation is 1. The Morgan fingerprint density at radius 2 is 1.89 bits per heavy atom. The minimum atomic E-state index is -0.985. The van der Waals surface area contributed by atoms with Crippen molar-refractivity contribution in [3.63, 3.8) is 0 Å². The van der Waals surface area contributed by atoms with Gasteiger partial charge in [0.05, 0.1) is 4.92 Å². The van der Waals surface area contributed by atoms with Crippen molar-refractivity contribution >= 4 is 23.6 Å². The van der Waals surface area contributed by atoms with Crippen molar-refractivity contribution in [3.05, 3.63) is 69.8 Å². The molecule has 0 radical (unpaired) electrons. The van der Waals surface area contributed by atoms with E-state index in [1.54, 1.807) is 24.3 Å². The molecule has 0 fully saturated rings. The van der Waals surface area contributed by atoms with Gasteiger partial charge in [-0.05, 0) is 25.1 Å². The quantitative estimate of drug-likeness (QED) is 0.390. The number of nitro benzene ring substituents is 1. The van der Waals surface area contributed by atoms with Crippen molar-refractivity contribution in [2.75, 3.05) is 11.9 Å². The van der Waals surface area contributed by atoms with Crippen LogP contribution in [0.1, 0.15) is 15.9 Å². The number of carbonyl (C=O) groups is 2. The number of nitrogens with zero attached hydrogens (tertiary/aromatic N) is 3. The van der Waals surface area contributed by atoms with Gasteiger partial charge in [-0.3, -0.25) is 20.2 Å². The van der Waals surface area contributed by atoms with Gasteiger partial charge >= 0.3 is 12.0 Å². The molecular weight excluding hydrogens is 368 g/mol. The van der Waals surface area contributed by atoms with Gasteiger partial charge in [-0.15, -0.1) is 5.10 Å². The van der Waals surface area contributed by atoms with Crippen molar-refractivity contribution in [2.24, 2.45) is 0 Å². The van der Waals surface area contributed by atoms with Crippen LogP contribution in [0.4, 0.5) is 11.7 Å². The highest BCUT2D eigenvalue weighted by Crippen LogP contribution is 2.24. The maximum absolute atomic E-state index is 12.1. The third-order valence-corrected chi connectivity index (χ3v) is 3.67. The summed E-state index contributed by atoms with van der Waals surface area (Å²) in [5.41, 5.74) is 0.385. The van der Waals surface area contributed by atoms with Crippen molar-refractivity contribution in [2.45, 2.75) is 6.92 Å². The number of hydrogen-bond acceptors (Lipinski definition) is 8. The van der Waals surface area contributed by atoms with Gasteiger partial charge in [0.2, 0.25) is 5.89 Å². The number of anilines is 1. The van der Waals surface area contributed by atoms with Gasteiger partial charge in [-0.1, -0.05) is 35.4 Å². The van der Waals surface area contributed by atoms with Gasteiger partial charge in [0.25, 0.3) is 11.6 Å². The van der Waals surface area contributed by atoms with Crippen LogP contribution in [0.15, 0.2) is 52.9 Å². The summed E-state index contributed by atoms with van der Waals surface area (Å²) in [5, 5.41) is 20.9. The normalized spacial score (nSPS) is 10.3. The van der Waals surface area contributed by atoms with E-state index in [4.69, 9.17) is 9.15 Å². The average molecular weight is 382 g/mol. The molecule has 0 aliphatic heterocycles. The zero-order chi connectivity index (χ0) is 20.1. The number of amides is 1. The van der Waals surface area contributed by atoms with Crippen LogP contribution >= 0.6 is 0 Å². The second-order valence-corrected chi connectivity index (χ2v) is 5.63. The predicted octanol–water partition coefficient (Wildman–Crippen LogP) is 2.75. The number of esters is 1. The topological polar surface area (TPSA) is 137 Å². The van der Waals surface area contributed by atoms with E-state index in [1.165, 1.54) is 25.1 Å². The minimum absolute atomic E-state index is 0.165. The van der Waals surface area contributed by atoms with Crippen LogP contribution in [0.3, 0.4) is 0 Å². The van der Waals surface area contributed by atoms with Crippen LogP contribution in [0.2, 0.25) is 0 Å². The summed E-state index contributed by atoms with van der Waals surface area (Å²) in [6.07, 6.45) is 0.